The van der Waals surface area contributed by atoms with Crippen molar-refractivity contribution in [2.45, 2.75) is 57.9 Å². The molecular formula is C13H21NO3. The van der Waals surface area contributed by atoms with Crippen LogP contribution in [0.1, 0.15) is 51.9 Å². The first-order valence-electron chi connectivity index (χ1n) is 6.66. The second-order valence-corrected chi connectivity index (χ2v) is 5.27. The van der Waals surface area contributed by atoms with Crippen LogP contribution in [0.2, 0.25) is 0 Å². The summed E-state index contributed by atoms with van der Waals surface area (Å²) in [7, 11) is 0. The Hall–Kier alpha value is -1.06. The van der Waals surface area contributed by atoms with Gasteiger partial charge < -0.3 is 10.0 Å². The van der Waals surface area contributed by atoms with Gasteiger partial charge in [-0.3, -0.25) is 9.59 Å². The number of carboxylic acid groups (broad SMARTS) is 1. The molecule has 2 aliphatic carbocycles. The number of hydrogen-bond donors (Lipinski definition) is 1. The van der Waals surface area contributed by atoms with Crippen molar-refractivity contribution in [3.8, 4) is 0 Å². The molecule has 17 heavy (non-hydrogen) atoms. The van der Waals surface area contributed by atoms with Crippen LogP contribution in [0.15, 0.2) is 0 Å². The molecule has 0 saturated heterocycles. The number of carbonyl (C=O) groups excluding carboxylic acids is 1. The molecule has 0 heterocycles. The number of hydrogen-bond acceptors (Lipinski definition) is 2. The minimum Gasteiger partial charge on any atom is -0.480 e. The van der Waals surface area contributed by atoms with Crippen LogP contribution in [-0.4, -0.2) is 34.5 Å². The van der Waals surface area contributed by atoms with Crippen molar-refractivity contribution in [3.05, 3.63) is 0 Å². The Bertz CT molecular complexity index is 317. The summed E-state index contributed by atoms with van der Waals surface area (Å²) < 4.78 is 0. The molecule has 0 atom stereocenters. The third-order valence-electron chi connectivity index (χ3n) is 4.39. The zero-order valence-corrected chi connectivity index (χ0v) is 10.4. The standard InChI is InChI=1S/C13H21NO3/c1-2-14(10-6-3-4-7-10)11(15)13(12(16)17)8-5-9-13/h10H,2-9H2,1H3,(H,16,17). The number of carbonyl (C=O) groups is 2. The van der Waals surface area contributed by atoms with Crippen LogP contribution in [0, 0.1) is 5.41 Å². The van der Waals surface area contributed by atoms with Crippen LogP contribution in [0.5, 0.6) is 0 Å². The maximum Gasteiger partial charge on any atom is 0.319 e. The van der Waals surface area contributed by atoms with Gasteiger partial charge in [0.15, 0.2) is 0 Å². The zero-order chi connectivity index (χ0) is 12.5. The van der Waals surface area contributed by atoms with Gasteiger partial charge in [-0.05, 0) is 32.6 Å². The van der Waals surface area contributed by atoms with Crippen molar-refractivity contribution in [2.24, 2.45) is 5.41 Å². The largest absolute Gasteiger partial charge is 0.480 e. The fourth-order valence-electron chi connectivity index (χ4n) is 3.11. The molecule has 2 rings (SSSR count). The van der Waals surface area contributed by atoms with E-state index in [-0.39, 0.29) is 11.9 Å². The quantitative estimate of drug-likeness (QED) is 0.764. The van der Waals surface area contributed by atoms with Gasteiger partial charge in [0.05, 0.1) is 0 Å². The molecule has 0 aromatic carbocycles. The van der Waals surface area contributed by atoms with E-state index in [4.69, 9.17) is 0 Å². The molecule has 1 N–H and O–H groups in total. The van der Waals surface area contributed by atoms with Crippen LogP contribution >= 0.6 is 0 Å². The summed E-state index contributed by atoms with van der Waals surface area (Å²) in [6.45, 7) is 2.59. The molecule has 0 aliphatic heterocycles. The first-order chi connectivity index (χ1) is 8.12. The topological polar surface area (TPSA) is 57.6 Å². The lowest BCUT2D eigenvalue weighted by atomic mass is 9.67. The lowest BCUT2D eigenvalue weighted by Gasteiger charge is -2.41. The second kappa shape index (κ2) is 4.67. The summed E-state index contributed by atoms with van der Waals surface area (Å²) in [4.78, 5) is 25.6. The minimum absolute atomic E-state index is 0.134. The van der Waals surface area contributed by atoms with Gasteiger partial charge in [-0.2, -0.15) is 0 Å². The maximum absolute atomic E-state index is 12.5. The van der Waals surface area contributed by atoms with E-state index in [2.05, 4.69) is 0 Å². The normalized spacial score (nSPS) is 23.1. The van der Waals surface area contributed by atoms with Gasteiger partial charge in [0.25, 0.3) is 0 Å². The molecule has 1 amide bonds. The molecule has 0 spiro atoms. The molecular weight excluding hydrogens is 218 g/mol. The lowest BCUT2D eigenvalue weighted by molar-refractivity contribution is -0.168. The third kappa shape index (κ3) is 1.94. The number of amides is 1. The Labute approximate surface area is 102 Å². The van der Waals surface area contributed by atoms with Crippen molar-refractivity contribution in [1.82, 2.24) is 4.90 Å². The molecule has 0 aromatic rings. The molecule has 2 fully saturated rings. The highest BCUT2D eigenvalue weighted by molar-refractivity contribution is 6.03. The van der Waals surface area contributed by atoms with Crippen molar-refractivity contribution in [1.29, 1.82) is 0 Å². The molecule has 0 bridgehead atoms. The summed E-state index contributed by atoms with van der Waals surface area (Å²) in [6, 6.07) is 0.282. The Kier molecular flexibility index (Phi) is 3.40. The highest BCUT2D eigenvalue weighted by Crippen LogP contribution is 2.43. The smallest absolute Gasteiger partial charge is 0.319 e. The summed E-state index contributed by atoms with van der Waals surface area (Å²) in [5.74, 6) is -1.06. The molecule has 4 nitrogen and oxygen atoms in total. The van der Waals surface area contributed by atoms with E-state index in [1.165, 1.54) is 0 Å². The fraction of sp³-hybridized carbons (Fsp3) is 0.846. The molecule has 96 valence electrons. The summed E-state index contributed by atoms with van der Waals surface area (Å²) in [5.41, 5.74) is -1.08. The minimum atomic E-state index is -1.08. The van der Waals surface area contributed by atoms with Crippen LogP contribution in [0.4, 0.5) is 0 Å². The van der Waals surface area contributed by atoms with Crippen molar-refractivity contribution >= 4 is 11.9 Å². The summed E-state index contributed by atoms with van der Waals surface area (Å²) in [5, 5.41) is 9.29. The third-order valence-corrected chi connectivity index (χ3v) is 4.39. The van der Waals surface area contributed by atoms with Crippen LogP contribution < -0.4 is 0 Å². The van der Waals surface area contributed by atoms with Gasteiger partial charge in [-0.15, -0.1) is 0 Å². The van der Waals surface area contributed by atoms with Gasteiger partial charge in [0, 0.05) is 12.6 Å². The van der Waals surface area contributed by atoms with Crippen LogP contribution in [0.25, 0.3) is 0 Å². The second-order valence-electron chi connectivity index (χ2n) is 5.27. The zero-order valence-electron chi connectivity index (χ0n) is 10.4. The van der Waals surface area contributed by atoms with E-state index in [1.807, 2.05) is 11.8 Å². The lowest BCUT2D eigenvalue weighted by Crippen LogP contribution is -2.54. The molecule has 0 unspecified atom stereocenters. The van der Waals surface area contributed by atoms with Gasteiger partial charge in [0.1, 0.15) is 5.41 Å². The van der Waals surface area contributed by atoms with E-state index in [1.54, 1.807) is 0 Å². The fourth-order valence-corrected chi connectivity index (χ4v) is 3.11. The van der Waals surface area contributed by atoms with E-state index in [0.29, 0.717) is 19.4 Å². The number of nitrogens with zero attached hydrogens (tertiary/aromatic N) is 1. The highest BCUT2D eigenvalue weighted by atomic mass is 16.4. The van der Waals surface area contributed by atoms with Gasteiger partial charge in [0.2, 0.25) is 5.91 Å². The average Bonchev–Trinajstić information content (AvgIpc) is 2.69. The van der Waals surface area contributed by atoms with Gasteiger partial charge in [-0.1, -0.05) is 19.3 Å². The van der Waals surface area contributed by atoms with Crippen LogP contribution in [-0.2, 0) is 9.59 Å². The Morgan fingerprint density at radius 2 is 1.82 bits per heavy atom. The maximum atomic E-state index is 12.5. The number of carboxylic acids is 1. The number of rotatable bonds is 4. The first-order valence-corrected chi connectivity index (χ1v) is 6.66. The van der Waals surface area contributed by atoms with E-state index < -0.39 is 11.4 Å². The Balaban J connectivity index is 2.13. The predicted octanol–water partition coefficient (Wildman–Crippen LogP) is 2.03. The monoisotopic (exact) mass is 239 g/mol. The van der Waals surface area contributed by atoms with Gasteiger partial charge in [-0.25, -0.2) is 0 Å². The Morgan fingerprint density at radius 3 is 2.18 bits per heavy atom. The van der Waals surface area contributed by atoms with Crippen LogP contribution in [0.3, 0.4) is 0 Å². The Morgan fingerprint density at radius 1 is 1.24 bits per heavy atom. The molecule has 0 radical (unpaired) electrons. The SMILES string of the molecule is CCN(C(=O)C1(C(=O)O)CCC1)C1CCCC1. The summed E-state index contributed by atoms with van der Waals surface area (Å²) >= 11 is 0. The van der Waals surface area contributed by atoms with Gasteiger partial charge >= 0.3 is 5.97 Å². The van der Waals surface area contributed by atoms with E-state index in [0.717, 1.165) is 32.1 Å². The van der Waals surface area contributed by atoms with Crippen molar-refractivity contribution in [3.63, 3.8) is 0 Å². The molecule has 0 aromatic heterocycles. The molecule has 4 heteroatoms. The van der Waals surface area contributed by atoms with E-state index >= 15 is 0 Å². The predicted molar refractivity (Wildman–Crippen MR) is 63.6 cm³/mol. The molecule has 2 aliphatic rings. The van der Waals surface area contributed by atoms with E-state index in [9.17, 15) is 14.7 Å². The average molecular weight is 239 g/mol. The molecule has 2 saturated carbocycles. The first kappa shape index (κ1) is 12.4. The van der Waals surface area contributed by atoms with Crippen molar-refractivity contribution < 1.29 is 14.7 Å². The van der Waals surface area contributed by atoms with Crippen molar-refractivity contribution in [2.75, 3.05) is 6.54 Å². The number of aliphatic carboxylic acids is 1. The highest BCUT2D eigenvalue weighted by Gasteiger charge is 2.53. The summed E-state index contributed by atoms with van der Waals surface area (Å²) in [6.07, 6.45) is 6.29.